The van der Waals surface area contributed by atoms with Crippen molar-refractivity contribution < 1.29 is 32.9 Å². The molecule has 3 N–H and O–H groups in total. The Kier molecular flexibility index (Phi) is 11.1. The fourth-order valence-corrected chi connectivity index (χ4v) is 5.05. The third-order valence-corrected chi connectivity index (χ3v) is 7.36. The number of nitrogens with zero attached hydrogens (tertiary/aromatic N) is 3. The minimum absolute atomic E-state index is 0. The second-order valence-corrected chi connectivity index (χ2v) is 10.8. The van der Waals surface area contributed by atoms with E-state index in [0.29, 0.717) is 39.5 Å². The van der Waals surface area contributed by atoms with E-state index in [4.69, 9.17) is 24.7 Å². The number of aromatic nitrogens is 3. The maximum absolute atomic E-state index is 15.3. The number of hydrogen-bond acceptors (Lipinski definition) is 9. The molecule has 48 heavy (non-hydrogen) atoms. The summed E-state index contributed by atoms with van der Waals surface area (Å²) in [6.07, 6.45) is 0.850. The number of amides is 1. The molecule has 0 radical (unpaired) electrons. The molecule has 12 nitrogen and oxygen atoms in total. The molecule has 2 aromatic heterocycles. The van der Waals surface area contributed by atoms with Crippen molar-refractivity contribution in [1.29, 1.82) is 0 Å². The Morgan fingerprint density at radius 1 is 0.958 bits per heavy atom. The zero-order chi connectivity index (χ0) is 33.8. The zero-order valence-electron chi connectivity index (χ0n) is 26.9. The number of esters is 1. The number of pyridine rings is 1. The number of nitrogens with one attached hydrogen (secondary N) is 1. The second kappa shape index (κ2) is 15.0. The van der Waals surface area contributed by atoms with Crippen LogP contribution in [0.25, 0.3) is 16.6 Å². The first kappa shape index (κ1) is 35.5. The molecule has 0 spiro atoms. The van der Waals surface area contributed by atoms with Gasteiger partial charge in [0.25, 0.3) is 11.5 Å². The first-order valence-electron chi connectivity index (χ1n) is 14.7. The van der Waals surface area contributed by atoms with Gasteiger partial charge >= 0.3 is 5.97 Å². The normalized spacial score (nSPS) is 12.1. The van der Waals surface area contributed by atoms with Gasteiger partial charge in [0.15, 0.2) is 23.1 Å². The monoisotopic (exact) mass is 679 g/mol. The summed E-state index contributed by atoms with van der Waals surface area (Å²) in [4.78, 5) is 43.7. The summed E-state index contributed by atoms with van der Waals surface area (Å²) in [6.45, 7) is 4.84. The van der Waals surface area contributed by atoms with E-state index in [1.54, 1.807) is 67.1 Å². The number of para-hydroxylation sites is 1. The minimum Gasteiger partial charge on any atom is -0.493 e. The summed E-state index contributed by atoms with van der Waals surface area (Å²) in [5, 5.41) is 3.19. The van der Waals surface area contributed by atoms with Gasteiger partial charge in [0, 0.05) is 29.4 Å². The molecule has 0 bridgehead atoms. The number of hydrogen-bond donors (Lipinski definition) is 2. The Balaban J connectivity index is 0.00000520. The molecule has 252 valence electrons. The third kappa shape index (κ3) is 7.27. The molecule has 1 amide bonds. The molecule has 3 aromatic carbocycles. The van der Waals surface area contributed by atoms with Gasteiger partial charge in [0.1, 0.15) is 23.5 Å². The number of rotatable bonds is 11. The van der Waals surface area contributed by atoms with E-state index < -0.39 is 35.4 Å². The highest BCUT2D eigenvalue weighted by Gasteiger charge is 2.26. The smallest absolute Gasteiger partial charge is 0.322 e. The number of methoxy groups -OCH3 is 2. The van der Waals surface area contributed by atoms with E-state index in [-0.39, 0.29) is 36.0 Å². The highest BCUT2D eigenvalue weighted by molar-refractivity contribution is 6.05. The van der Waals surface area contributed by atoms with Crippen LogP contribution in [0.1, 0.15) is 29.9 Å². The van der Waals surface area contributed by atoms with Gasteiger partial charge in [-0.15, -0.1) is 12.4 Å². The van der Waals surface area contributed by atoms with E-state index in [1.807, 2.05) is 0 Å². The molecule has 0 aliphatic rings. The van der Waals surface area contributed by atoms with Crippen molar-refractivity contribution in [2.45, 2.75) is 39.5 Å². The molecule has 0 aliphatic carbocycles. The van der Waals surface area contributed by atoms with E-state index in [0.717, 1.165) is 6.07 Å². The molecule has 2 atom stereocenters. The van der Waals surface area contributed by atoms with Crippen molar-refractivity contribution in [2.75, 3.05) is 19.5 Å². The van der Waals surface area contributed by atoms with Crippen LogP contribution in [-0.4, -0.2) is 52.6 Å². The number of halogens is 2. The molecular formula is C34H35ClFN5O7. The summed E-state index contributed by atoms with van der Waals surface area (Å²) in [5.74, 6) is -0.941. The number of fused-ring (bicyclic) bond motifs is 1. The molecule has 0 saturated carbocycles. The van der Waals surface area contributed by atoms with Crippen LogP contribution in [0.5, 0.6) is 23.0 Å². The van der Waals surface area contributed by atoms with E-state index >= 15 is 4.39 Å². The van der Waals surface area contributed by atoms with Crippen molar-refractivity contribution in [2.24, 2.45) is 5.73 Å². The highest BCUT2D eigenvalue weighted by Crippen LogP contribution is 2.37. The first-order chi connectivity index (χ1) is 22.5. The molecule has 5 rings (SSSR count). The van der Waals surface area contributed by atoms with Gasteiger partial charge < -0.3 is 30.0 Å². The average Bonchev–Trinajstić information content (AvgIpc) is 3.29. The van der Waals surface area contributed by atoms with Crippen LogP contribution in [0.3, 0.4) is 0 Å². The van der Waals surface area contributed by atoms with Crippen LogP contribution < -0.4 is 30.8 Å². The number of anilines is 1. The summed E-state index contributed by atoms with van der Waals surface area (Å²) in [6, 6.07) is 16.8. The van der Waals surface area contributed by atoms with E-state index in [1.165, 1.54) is 44.2 Å². The van der Waals surface area contributed by atoms with Gasteiger partial charge in [-0.2, -0.15) is 0 Å². The fraction of sp³-hybridized carbons (Fsp3) is 0.235. The summed E-state index contributed by atoms with van der Waals surface area (Å²) in [7, 11) is 3.01. The van der Waals surface area contributed by atoms with Gasteiger partial charge in [0.05, 0.1) is 37.7 Å². The van der Waals surface area contributed by atoms with Crippen LogP contribution in [0.4, 0.5) is 10.1 Å². The maximum Gasteiger partial charge on any atom is 0.322 e. The van der Waals surface area contributed by atoms with Crippen molar-refractivity contribution in [3.05, 3.63) is 100 Å². The van der Waals surface area contributed by atoms with Crippen molar-refractivity contribution >= 4 is 40.9 Å². The van der Waals surface area contributed by atoms with E-state index in [2.05, 4.69) is 10.3 Å². The Morgan fingerprint density at radius 3 is 2.29 bits per heavy atom. The number of benzene rings is 3. The number of nitrogens with two attached hydrogens (primary N) is 1. The maximum atomic E-state index is 15.3. The lowest BCUT2D eigenvalue weighted by Gasteiger charge is -2.19. The zero-order valence-corrected chi connectivity index (χ0v) is 27.7. The summed E-state index contributed by atoms with van der Waals surface area (Å²) >= 11 is 0. The molecular weight excluding hydrogens is 645 g/mol. The van der Waals surface area contributed by atoms with Gasteiger partial charge in [-0.05, 0) is 57.2 Å². The summed E-state index contributed by atoms with van der Waals surface area (Å²) < 4.78 is 40.3. The SMILES string of the molecule is COc1cc2nccc(Oc3ccc(NC(=O)c4c(C)n(CC(C)OC(=O)C(C)N)n(-c5ccccc5)c4=O)cc3F)c2cc1OC.Cl. The molecule has 0 saturated heterocycles. The quantitative estimate of drug-likeness (QED) is 0.175. The lowest BCUT2D eigenvalue weighted by Crippen LogP contribution is -2.34. The van der Waals surface area contributed by atoms with Crippen molar-refractivity contribution in [1.82, 2.24) is 14.3 Å². The molecule has 0 fully saturated rings. The standard InChI is InChI=1S/C34H34FN5O7.ClH/c1-19(46-34(43)20(2)36)18-39-21(3)31(33(42)40(39)23-9-7-6-8-10-23)32(41)38-22-11-12-28(25(35)15-22)47-27-13-14-37-26-17-30(45-5)29(44-4)16-24(26)27;/h6-17,19-20H,18,36H2,1-5H3,(H,38,41);1H. The fourth-order valence-electron chi connectivity index (χ4n) is 5.05. The van der Waals surface area contributed by atoms with Gasteiger partial charge in [-0.3, -0.25) is 24.0 Å². The van der Waals surface area contributed by atoms with Gasteiger partial charge in [0.2, 0.25) is 0 Å². The van der Waals surface area contributed by atoms with Crippen LogP contribution in [-0.2, 0) is 16.1 Å². The highest BCUT2D eigenvalue weighted by atomic mass is 35.5. The van der Waals surface area contributed by atoms with Crippen LogP contribution >= 0.6 is 12.4 Å². The Labute approximate surface area is 281 Å². The Morgan fingerprint density at radius 2 is 1.65 bits per heavy atom. The van der Waals surface area contributed by atoms with Crippen molar-refractivity contribution in [3.63, 3.8) is 0 Å². The number of ether oxygens (including phenoxy) is 4. The second-order valence-electron chi connectivity index (χ2n) is 10.8. The molecule has 14 heteroatoms. The predicted octanol–water partition coefficient (Wildman–Crippen LogP) is 5.40. The molecule has 2 unspecified atom stereocenters. The topological polar surface area (TPSA) is 149 Å². The summed E-state index contributed by atoms with van der Waals surface area (Å²) in [5.41, 5.74) is 6.34. The van der Waals surface area contributed by atoms with Crippen molar-refractivity contribution in [3.8, 4) is 28.7 Å². The predicted molar refractivity (Wildman–Crippen MR) is 180 cm³/mol. The lowest BCUT2D eigenvalue weighted by molar-refractivity contribution is -0.150. The van der Waals surface area contributed by atoms with E-state index in [9.17, 15) is 14.4 Å². The average molecular weight is 680 g/mol. The molecule has 0 aliphatic heterocycles. The lowest BCUT2D eigenvalue weighted by atomic mass is 10.1. The van der Waals surface area contributed by atoms with Gasteiger partial charge in [-0.1, -0.05) is 18.2 Å². The Hall–Kier alpha value is -5.40. The molecule has 2 heterocycles. The number of carbonyl (C=O) groups is 2. The molecule has 5 aromatic rings. The number of carbonyl (C=O) groups excluding carboxylic acids is 2. The van der Waals surface area contributed by atoms with Crippen LogP contribution in [0.15, 0.2) is 77.7 Å². The van der Waals surface area contributed by atoms with Crippen LogP contribution in [0, 0.1) is 12.7 Å². The van der Waals surface area contributed by atoms with Gasteiger partial charge in [-0.25, -0.2) is 9.07 Å². The van der Waals surface area contributed by atoms with Crippen LogP contribution in [0.2, 0.25) is 0 Å². The third-order valence-electron chi connectivity index (χ3n) is 7.36. The first-order valence-corrected chi connectivity index (χ1v) is 14.7. The Bertz CT molecular complexity index is 2010. The minimum atomic E-state index is -0.824. The largest absolute Gasteiger partial charge is 0.493 e.